The molecule has 0 N–H and O–H groups in total. The van der Waals surface area contributed by atoms with Crippen molar-refractivity contribution in [1.29, 1.82) is 0 Å². The average Bonchev–Trinajstić information content (AvgIpc) is 2.91. The minimum atomic E-state index is -0.840. The molecule has 2 aliphatic heterocycles. The highest BCUT2D eigenvalue weighted by Crippen LogP contribution is 2.37. The van der Waals surface area contributed by atoms with Gasteiger partial charge >= 0.3 is 7.12 Å². The van der Waals surface area contributed by atoms with Crippen LogP contribution >= 0.6 is 0 Å². The Hall–Kier alpha value is -1.47. The van der Waals surface area contributed by atoms with Crippen molar-refractivity contribution in [3.63, 3.8) is 0 Å². The molecule has 4 nitrogen and oxygen atoms in total. The topological polar surface area (TPSA) is 38.8 Å². The van der Waals surface area contributed by atoms with E-state index in [0.717, 1.165) is 0 Å². The van der Waals surface area contributed by atoms with Crippen molar-refractivity contribution in [2.24, 2.45) is 0 Å². The molecule has 1 aromatic carbocycles. The van der Waals surface area contributed by atoms with Gasteiger partial charge in [-0.25, -0.2) is 8.78 Å². The van der Waals surface area contributed by atoms with Crippen LogP contribution in [0.3, 0.4) is 0 Å². The SMILES string of the molecule is CC1(C)OB(c2cc(F)c(N3CCCC3=O)c(F)c2)OC1(C)C. The van der Waals surface area contributed by atoms with Gasteiger partial charge in [0.1, 0.15) is 17.3 Å². The van der Waals surface area contributed by atoms with Crippen molar-refractivity contribution >= 4 is 24.2 Å². The Labute approximate surface area is 134 Å². The predicted octanol–water partition coefficient (Wildman–Crippen LogP) is 2.39. The van der Waals surface area contributed by atoms with E-state index in [-0.39, 0.29) is 17.1 Å². The molecular formula is C16H20BF2NO3. The first-order valence-corrected chi connectivity index (χ1v) is 7.77. The van der Waals surface area contributed by atoms with Gasteiger partial charge in [0.05, 0.1) is 11.2 Å². The first-order valence-electron chi connectivity index (χ1n) is 7.77. The molecule has 23 heavy (non-hydrogen) atoms. The zero-order valence-corrected chi connectivity index (χ0v) is 13.8. The van der Waals surface area contributed by atoms with Crippen LogP contribution in [0.5, 0.6) is 0 Å². The lowest BCUT2D eigenvalue weighted by molar-refractivity contribution is -0.117. The third kappa shape index (κ3) is 2.66. The van der Waals surface area contributed by atoms with Gasteiger partial charge in [-0.05, 0) is 51.7 Å². The summed E-state index contributed by atoms with van der Waals surface area (Å²) in [5.74, 6) is -1.80. The third-order valence-corrected chi connectivity index (χ3v) is 4.91. The smallest absolute Gasteiger partial charge is 0.399 e. The molecule has 0 spiro atoms. The maximum Gasteiger partial charge on any atom is 0.495 e. The van der Waals surface area contributed by atoms with Gasteiger partial charge in [0, 0.05) is 13.0 Å². The van der Waals surface area contributed by atoms with E-state index in [1.165, 1.54) is 17.0 Å². The highest BCUT2D eigenvalue weighted by atomic mass is 19.1. The third-order valence-electron chi connectivity index (χ3n) is 4.91. The van der Waals surface area contributed by atoms with Gasteiger partial charge in [-0.2, -0.15) is 0 Å². The van der Waals surface area contributed by atoms with Gasteiger partial charge in [-0.15, -0.1) is 0 Å². The van der Waals surface area contributed by atoms with Gasteiger partial charge in [-0.3, -0.25) is 4.79 Å². The molecule has 3 rings (SSSR count). The number of halogens is 2. The van der Waals surface area contributed by atoms with E-state index in [2.05, 4.69) is 0 Å². The fourth-order valence-corrected chi connectivity index (χ4v) is 2.84. The zero-order chi connectivity index (χ0) is 17.0. The van der Waals surface area contributed by atoms with Gasteiger partial charge in [-0.1, -0.05) is 0 Å². The van der Waals surface area contributed by atoms with Gasteiger partial charge in [0.15, 0.2) is 0 Å². The quantitative estimate of drug-likeness (QED) is 0.785. The number of benzene rings is 1. The Morgan fingerprint density at radius 1 is 1.09 bits per heavy atom. The van der Waals surface area contributed by atoms with Crippen LogP contribution in [-0.4, -0.2) is 30.8 Å². The Morgan fingerprint density at radius 3 is 2.04 bits per heavy atom. The molecule has 0 bridgehead atoms. The van der Waals surface area contributed by atoms with E-state index in [1.54, 1.807) is 0 Å². The summed E-state index contributed by atoms with van der Waals surface area (Å²) in [6.07, 6.45) is 0.925. The molecule has 2 fully saturated rings. The maximum absolute atomic E-state index is 14.4. The Kier molecular flexibility index (Phi) is 3.76. The van der Waals surface area contributed by atoms with E-state index in [4.69, 9.17) is 9.31 Å². The zero-order valence-electron chi connectivity index (χ0n) is 13.8. The summed E-state index contributed by atoms with van der Waals surface area (Å²) in [7, 11) is -0.840. The summed E-state index contributed by atoms with van der Waals surface area (Å²) >= 11 is 0. The molecule has 0 unspecified atom stereocenters. The lowest BCUT2D eigenvalue weighted by Gasteiger charge is -2.32. The van der Waals surface area contributed by atoms with Crippen molar-refractivity contribution in [3.8, 4) is 0 Å². The molecule has 7 heteroatoms. The molecule has 1 amide bonds. The standard InChI is InChI=1S/C16H20BF2NO3/c1-15(2)16(3,4)23-17(22-15)10-8-11(18)14(12(19)9-10)20-7-5-6-13(20)21/h8-9H,5-7H2,1-4H3. The van der Waals surface area contributed by atoms with Crippen LogP contribution in [-0.2, 0) is 14.1 Å². The molecule has 0 saturated carbocycles. The molecule has 2 aliphatic rings. The van der Waals surface area contributed by atoms with E-state index in [1.807, 2.05) is 27.7 Å². The molecule has 2 saturated heterocycles. The summed E-state index contributed by atoms with van der Waals surface area (Å²) in [4.78, 5) is 12.9. The lowest BCUT2D eigenvalue weighted by Crippen LogP contribution is -2.41. The molecule has 0 atom stereocenters. The van der Waals surface area contributed by atoms with E-state index in [9.17, 15) is 13.6 Å². The fraction of sp³-hybridized carbons (Fsp3) is 0.562. The number of carbonyl (C=O) groups excluding carboxylic acids is 1. The number of rotatable bonds is 2. The van der Waals surface area contributed by atoms with Gasteiger partial charge in [0.2, 0.25) is 5.91 Å². The highest BCUT2D eigenvalue weighted by Gasteiger charge is 2.52. The van der Waals surface area contributed by atoms with Crippen LogP contribution in [0.2, 0.25) is 0 Å². The van der Waals surface area contributed by atoms with E-state index < -0.39 is 30.0 Å². The van der Waals surface area contributed by atoms with E-state index >= 15 is 0 Å². The molecule has 2 heterocycles. The molecule has 0 aliphatic carbocycles. The summed E-state index contributed by atoms with van der Waals surface area (Å²) in [6, 6.07) is 2.37. The van der Waals surface area contributed by atoms with Crippen molar-refractivity contribution in [2.75, 3.05) is 11.4 Å². The first-order chi connectivity index (χ1) is 10.6. The van der Waals surface area contributed by atoms with Crippen LogP contribution in [0.15, 0.2) is 12.1 Å². The first kappa shape index (κ1) is 16.4. The van der Waals surface area contributed by atoms with Crippen LogP contribution in [0.25, 0.3) is 0 Å². The van der Waals surface area contributed by atoms with Crippen LogP contribution in [0.1, 0.15) is 40.5 Å². The summed E-state index contributed by atoms with van der Waals surface area (Å²) in [6.45, 7) is 7.82. The Bertz CT molecular complexity index is 624. The molecule has 0 radical (unpaired) electrons. The van der Waals surface area contributed by atoms with Crippen molar-refractivity contribution in [1.82, 2.24) is 0 Å². The molecule has 0 aromatic heterocycles. The summed E-state index contributed by atoms with van der Waals surface area (Å²) in [5, 5.41) is 0. The summed E-state index contributed by atoms with van der Waals surface area (Å²) in [5.41, 5.74) is -1.19. The highest BCUT2D eigenvalue weighted by molar-refractivity contribution is 6.62. The van der Waals surface area contributed by atoms with Crippen molar-refractivity contribution in [3.05, 3.63) is 23.8 Å². The monoisotopic (exact) mass is 323 g/mol. The number of nitrogens with zero attached hydrogens (tertiary/aromatic N) is 1. The predicted molar refractivity (Wildman–Crippen MR) is 83.7 cm³/mol. The van der Waals surface area contributed by atoms with Crippen LogP contribution < -0.4 is 10.4 Å². The van der Waals surface area contributed by atoms with Gasteiger partial charge in [0.25, 0.3) is 0 Å². The Balaban J connectivity index is 1.94. The van der Waals surface area contributed by atoms with Crippen molar-refractivity contribution in [2.45, 2.75) is 51.7 Å². The molecule has 1 aromatic rings. The number of hydrogen-bond acceptors (Lipinski definition) is 3. The molecular weight excluding hydrogens is 303 g/mol. The summed E-state index contributed by atoms with van der Waals surface area (Å²) < 4.78 is 40.5. The number of hydrogen-bond donors (Lipinski definition) is 0. The minimum absolute atomic E-state index is 0.258. The molecule has 124 valence electrons. The number of amides is 1. The van der Waals surface area contributed by atoms with Crippen LogP contribution in [0.4, 0.5) is 14.5 Å². The lowest BCUT2D eigenvalue weighted by atomic mass is 9.79. The second kappa shape index (κ2) is 5.28. The van der Waals surface area contributed by atoms with E-state index in [0.29, 0.717) is 19.4 Å². The normalized spacial score (nSPS) is 23.0. The minimum Gasteiger partial charge on any atom is -0.399 e. The fourth-order valence-electron chi connectivity index (χ4n) is 2.84. The second-order valence-corrected chi connectivity index (χ2v) is 7.07. The average molecular weight is 323 g/mol. The number of carbonyl (C=O) groups is 1. The number of anilines is 1. The Morgan fingerprint density at radius 2 is 1.61 bits per heavy atom. The maximum atomic E-state index is 14.4. The van der Waals surface area contributed by atoms with Crippen molar-refractivity contribution < 1.29 is 22.9 Å². The van der Waals surface area contributed by atoms with Gasteiger partial charge < -0.3 is 14.2 Å². The largest absolute Gasteiger partial charge is 0.495 e. The van der Waals surface area contributed by atoms with Crippen LogP contribution in [0, 0.1) is 11.6 Å². The second-order valence-electron chi connectivity index (χ2n) is 7.07.